The van der Waals surface area contributed by atoms with Crippen LogP contribution in [0.1, 0.15) is 16.7 Å². The van der Waals surface area contributed by atoms with Crippen LogP contribution in [0.15, 0.2) is 41.0 Å². The lowest BCUT2D eigenvalue weighted by Crippen LogP contribution is -1.99. The monoisotopic (exact) mass is 364 g/mol. The molecule has 1 N–H and O–H groups in total. The van der Waals surface area contributed by atoms with Gasteiger partial charge in [0.2, 0.25) is 0 Å². The zero-order chi connectivity index (χ0) is 17.3. The van der Waals surface area contributed by atoms with Crippen molar-refractivity contribution in [2.45, 2.75) is 20.0 Å². The Morgan fingerprint density at radius 2 is 2.00 bits per heavy atom. The molecule has 0 aliphatic rings. The van der Waals surface area contributed by atoms with Crippen LogP contribution in [0.3, 0.4) is 0 Å². The van der Waals surface area contributed by atoms with Crippen molar-refractivity contribution in [2.75, 3.05) is 0 Å². The van der Waals surface area contributed by atoms with Gasteiger partial charge in [-0.15, -0.1) is 0 Å². The van der Waals surface area contributed by atoms with Gasteiger partial charge in [0.05, 0.1) is 12.7 Å². The van der Waals surface area contributed by atoms with Gasteiger partial charge in [-0.2, -0.15) is 0 Å². The summed E-state index contributed by atoms with van der Waals surface area (Å²) in [6.45, 7) is 2.17. The maximum atomic E-state index is 10.9. The predicted molar refractivity (Wildman–Crippen MR) is 93.1 cm³/mol. The van der Waals surface area contributed by atoms with E-state index in [0.717, 1.165) is 16.5 Å². The molecule has 24 heavy (non-hydrogen) atoms. The van der Waals surface area contributed by atoms with Crippen LogP contribution in [0.25, 0.3) is 11.0 Å². The highest BCUT2D eigenvalue weighted by Crippen LogP contribution is 2.32. The van der Waals surface area contributed by atoms with E-state index in [9.17, 15) is 4.79 Å². The Morgan fingerprint density at radius 1 is 1.21 bits per heavy atom. The maximum absolute atomic E-state index is 10.9. The Kier molecular flexibility index (Phi) is 4.69. The van der Waals surface area contributed by atoms with Crippen molar-refractivity contribution in [1.29, 1.82) is 0 Å². The number of hydrogen-bond acceptors (Lipinski definition) is 3. The number of carbonyl (C=O) groups is 1. The highest BCUT2D eigenvalue weighted by molar-refractivity contribution is 6.35. The van der Waals surface area contributed by atoms with Crippen molar-refractivity contribution in [1.82, 2.24) is 0 Å². The van der Waals surface area contributed by atoms with E-state index in [1.165, 1.54) is 6.26 Å². The number of carboxylic acids is 1. The zero-order valence-electron chi connectivity index (χ0n) is 12.8. The van der Waals surface area contributed by atoms with E-state index in [1.54, 1.807) is 12.1 Å². The summed E-state index contributed by atoms with van der Waals surface area (Å²) in [5.41, 5.74) is 2.92. The molecule has 2 aromatic carbocycles. The number of hydrogen-bond donors (Lipinski definition) is 1. The van der Waals surface area contributed by atoms with E-state index in [-0.39, 0.29) is 6.42 Å². The molecule has 1 heterocycles. The van der Waals surface area contributed by atoms with Crippen molar-refractivity contribution in [3.63, 3.8) is 0 Å². The van der Waals surface area contributed by atoms with E-state index in [4.69, 9.17) is 37.5 Å². The molecule has 0 fully saturated rings. The fourth-order valence-corrected chi connectivity index (χ4v) is 2.99. The number of aliphatic carboxylic acids is 1. The van der Waals surface area contributed by atoms with Crippen LogP contribution in [0.4, 0.5) is 0 Å². The van der Waals surface area contributed by atoms with Crippen LogP contribution in [0, 0.1) is 6.92 Å². The van der Waals surface area contributed by atoms with Gasteiger partial charge in [-0.05, 0) is 31.2 Å². The van der Waals surface area contributed by atoms with Crippen LogP contribution < -0.4 is 4.74 Å². The molecule has 4 nitrogen and oxygen atoms in total. The Morgan fingerprint density at radius 3 is 2.71 bits per heavy atom. The largest absolute Gasteiger partial charge is 0.488 e. The number of halogens is 2. The number of ether oxygens (including phenoxy) is 1. The summed E-state index contributed by atoms with van der Waals surface area (Å²) in [6.07, 6.45) is 1.40. The minimum Gasteiger partial charge on any atom is -0.488 e. The van der Waals surface area contributed by atoms with Crippen molar-refractivity contribution >= 4 is 40.1 Å². The molecule has 0 saturated carbocycles. The van der Waals surface area contributed by atoms with Crippen LogP contribution in [0.2, 0.25) is 10.0 Å². The standard InChI is InChI=1S/C18H14Cl2O4/c1-10-16(23-8-11-2-3-13(19)7-15(11)20)5-4-14-12(6-17(21)22)9-24-18(10)14/h2-5,7,9H,6,8H2,1H3,(H,21,22). The number of furan rings is 1. The number of rotatable bonds is 5. The summed E-state index contributed by atoms with van der Waals surface area (Å²) in [5.74, 6) is -0.238. The van der Waals surface area contributed by atoms with Gasteiger partial charge in [0.25, 0.3) is 0 Å². The molecule has 3 aromatic rings. The molecule has 124 valence electrons. The Labute approximate surface area is 148 Å². The molecule has 1 aromatic heterocycles. The van der Waals surface area contributed by atoms with Gasteiger partial charge in [0, 0.05) is 32.1 Å². The Hall–Kier alpha value is -2.17. The molecule has 0 saturated heterocycles. The second-order valence-electron chi connectivity index (χ2n) is 5.42. The highest BCUT2D eigenvalue weighted by Gasteiger charge is 2.14. The average molecular weight is 365 g/mol. The normalized spacial score (nSPS) is 11.0. The smallest absolute Gasteiger partial charge is 0.307 e. The summed E-state index contributed by atoms with van der Waals surface area (Å²) >= 11 is 12.0. The van der Waals surface area contributed by atoms with Gasteiger partial charge < -0.3 is 14.3 Å². The van der Waals surface area contributed by atoms with Gasteiger partial charge in [-0.25, -0.2) is 0 Å². The summed E-state index contributed by atoms with van der Waals surface area (Å²) in [6, 6.07) is 8.86. The second kappa shape index (κ2) is 6.75. The predicted octanol–water partition coefficient (Wildman–Crippen LogP) is 5.25. The molecule has 0 aliphatic carbocycles. The lowest BCUT2D eigenvalue weighted by Gasteiger charge is -2.11. The van der Waals surface area contributed by atoms with Crippen molar-refractivity contribution in [3.05, 3.63) is 63.3 Å². The maximum Gasteiger partial charge on any atom is 0.307 e. The third-order valence-electron chi connectivity index (χ3n) is 3.76. The first-order valence-corrected chi connectivity index (χ1v) is 7.99. The van der Waals surface area contributed by atoms with Gasteiger partial charge >= 0.3 is 5.97 Å². The molecule has 0 bridgehead atoms. The van der Waals surface area contributed by atoms with Crippen molar-refractivity contribution in [3.8, 4) is 5.75 Å². The first-order chi connectivity index (χ1) is 11.5. The number of carboxylic acid groups (broad SMARTS) is 1. The summed E-state index contributed by atoms with van der Waals surface area (Å²) in [4.78, 5) is 10.9. The molecule has 0 atom stereocenters. The third kappa shape index (κ3) is 3.35. The highest BCUT2D eigenvalue weighted by atomic mass is 35.5. The molecule has 6 heteroatoms. The van der Waals surface area contributed by atoms with E-state index >= 15 is 0 Å². The molecular formula is C18H14Cl2O4. The van der Waals surface area contributed by atoms with Gasteiger partial charge in [0.15, 0.2) is 0 Å². The van der Waals surface area contributed by atoms with E-state index < -0.39 is 5.97 Å². The topological polar surface area (TPSA) is 59.7 Å². The molecular weight excluding hydrogens is 351 g/mol. The fourth-order valence-electron chi connectivity index (χ4n) is 2.52. The van der Waals surface area contributed by atoms with Crippen LogP contribution in [0.5, 0.6) is 5.75 Å². The van der Waals surface area contributed by atoms with Gasteiger partial charge in [0.1, 0.15) is 17.9 Å². The lowest BCUT2D eigenvalue weighted by atomic mass is 10.1. The van der Waals surface area contributed by atoms with Gasteiger partial charge in [-0.1, -0.05) is 29.3 Å². The van der Waals surface area contributed by atoms with Crippen molar-refractivity contribution < 1.29 is 19.1 Å². The second-order valence-corrected chi connectivity index (χ2v) is 6.26. The summed E-state index contributed by atoms with van der Waals surface area (Å²) in [5, 5.41) is 10.8. The molecule has 0 unspecified atom stereocenters. The molecule has 0 radical (unpaired) electrons. The third-order valence-corrected chi connectivity index (χ3v) is 4.35. The first-order valence-electron chi connectivity index (χ1n) is 7.24. The van der Waals surface area contributed by atoms with Crippen LogP contribution >= 0.6 is 23.2 Å². The first kappa shape index (κ1) is 16.7. The Balaban J connectivity index is 1.85. The summed E-state index contributed by atoms with van der Waals surface area (Å²) < 4.78 is 11.4. The Bertz CT molecular complexity index is 915. The van der Waals surface area contributed by atoms with Crippen LogP contribution in [-0.2, 0) is 17.8 Å². The van der Waals surface area contributed by atoms with Crippen molar-refractivity contribution in [2.24, 2.45) is 0 Å². The molecule has 3 rings (SSSR count). The number of aryl methyl sites for hydroxylation is 1. The zero-order valence-corrected chi connectivity index (χ0v) is 14.3. The van der Waals surface area contributed by atoms with Gasteiger partial charge in [-0.3, -0.25) is 4.79 Å². The molecule has 0 spiro atoms. The molecule has 0 aliphatic heterocycles. The SMILES string of the molecule is Cc1c(OCc2ccc(Cl)cc2Cl)ccc2c(CC(=O)O)coc12. The van der Waals surface area contributed by atoms with E-state index in [2.05, 4.69) is 0 Å². The minimum atomic E-state index is -0.895. The lowest BCUT2D eigenvalue weighted by molar-refractivity contribution is -0.136. The van der Waals surface area contributed by atoms with Crippen LogP contribution in [-0.4, -0.2) is 11.1 Å². The number of benzene rings is 2. The quantitative estimate of drug-likeness (QED) is 0.671. The summed E-state index contributed by atoms with van der Waals surface area (Å²) in [7, 11) is 0. The minimum absolute atomic E-state index is 0.0764. The van der Waals surface area contributed by atoms with E-state index in [0.29, 0.717) is 33.5 Å². The van der Waals surface area contributed by atoms with E-state index in [1.807, 2.05) is 25.1 Å². The number of fused-ring (bicyclic) bond motifs is 1. The molecule has 0 amide bonds. The average Bonchev–Trinajstić information content (AvgIpc) is 2.91. The fraction of sp³-hybridized carbons (Fsp3) is 0.167.